The van der Waals surface area contributed by atoms with Gasteiger partial charge in [0.25, 0.3) is 0 Å². The number of halogens is 3. The molecule has 2 aliphatic rings. The van der Waals surface area contributed by atoms with E-state index in [1.807, 2.05) is 0 Å². The molecule has 2 saturated carbocycles. The average Bonchev–Trinajstić information content (AvgIpc) is 3.58. The molecule has 0 bridgehead atoms. The highest BCUT2D eigenvalue weighted by Gasteiger charge is 2.48. The first-order chi connectivity index (χ1) is 13.3. The summed E-state index contributed by atoms with van der Waals surface area (Å²) in [6.07, 6.45) is 4.59. The van der Waals surface area contributed by atoms with E-state index in [9.17, 15) is 9.65 Å². The highest BCUT2D eigenvalue weighted by molar-refractivity contribution is 8.26. The number of hydrogen-bond acceptors (Lipinski definition) is 7. The van der Waals surface area contributed by atoms with E-state index in [0.29, 0.717) is 23.4 Å². The molecule has 146 valence electrons. The first-order valence-corrected chi connectivity index (χ1v) is 10.9. The van der Waals surface area contributed by atoms with Crippen molar-refractivity contribution in [2.45, 2.75) is 36.1 Å². The summed E-state index contributed by atoms with van der Waals surface area (Å²) >= 11 is 14.8. The van der Waals surface area contributed by atoms with Gasteiger partial charge in [-0.15, -0.1) is 0 Å². The number of thioether (sulfide) groups is 1. The summed E-state index contributed by atoms with van der Waals surface area (Å²) < 4.78 is 17.8. The van der Waals surface area contributed by atoms with Gasteiger partial charge in [-0.2, -0.15) is 5.26 Å². The zero-order valence-electron chi connectivity index (χ0n) is 14.5. The Morgan fingerprint density at radius 3 is 2.64 bits per heavy atom. The van der Waals surface area contributed by atoms with E-state index < -0.39 is 17.6 Å². The molecular weight excluding hydrogens is 442 g/mol. The molecule has 0 atom stereocenters. The van der Waals surface area contributed by atoms with Gasteiger partial charge in [0.1, 0.15) is 22.6 Å². The van der Waals surface area contributed by atoms with Crippen molar-refractivity contribution < 1.29 is 4.39 Å². The van der Waals surface area contributed by atoms with E-state index in [2.05, 4.69) is 15.8 Å². The van der Waals surface area contributed by atoms with Crippen molar-refractivity contribution in [1.82, 2.24) is 14.1 Å². The van der Waals surface area contributed by atoms with Gasteiger partial charge in [0, 0.05) is 11.1 Å². The fourth-order valence-electron chi connectivity index (χ4n) is 2.66. The Balaban J connectivity index is 1.62. The summed E-state index contributed by atoms with van der Waals surface area (Å²) in [6, 6.07) is 3.87. The number of pyridine rings is 1. The molecule has 0 unspecified atom stereocenters. The molecule has 2 heterocycles. The third-order valence-electron chi connectivity index (χ3n) is 4.92. The Kier molecular flexibility index (Phi) is 5.13. The van der Waals surface area contributed by atoms with Gasteiger partial charge < -0.3 is 0 Å². The monoisotopic (exact) mass is 456 g/mol. The standard InChI is InChI=1S/C17H15Cl2FN6S2/c18-10-5-9(28-25-17(7-20)3-4-17)6-26-11(10)12(19)24-14(26)13(22)27-15(23)16(8-21)1-2-16/h5-6,22-23,25H,1-4,7H2. The van der Waals surface area contributed by atoms with Crippen LogP contribution in [0, 0.1) is 27.6 Å². The quantitative estimate of drug-likeness (QED) is 0.319. The molecule has 2 fully saturated rings. The van der Waals surface area contributed by atoms with Gasteiger partial charge in [0.15, 0.2) is 11.0 Å². The van der Waals surface area contributed by atoms with E-state index in [1.165, 1.54) is 11.9 Å². The molecule has 0 aromatic carbocycles. The van der Waals surface area contributed by atoms with Crippen LogP contribution in [0.25, 0.3) is 5.52 Å². The van der Waals surface area contributed by atoms with Gasteiger partial charge >= 0.3 is 0 Å². The van der Waals surface area contributed by atoms with Crippen molar-refractivity contribution in [2.24, 2.45) is 5.41 Å². The van der Waals surface area contributed by atoms with E-state index in [-0.39, 0.29) is 21.1 Å². The SMILES string of the molecule is N#CC1(C(=N)SC(=N)c2nc(Cl)c3c(Cl)cc(SNC4(CF)CC4)cn23)CC1. The van der Waals surface area contributed by atoms with Crippen molar-refractivity contribution in [1.29, 1.82) is 16.1 Å². The first-order valence-electron chi connectivity index (χ1n) is 8.47. The highest BCUT2D eigenvalue weighted by atomic mass is 35.5. The lowest BCUT2D eigenvalue weighted by Gasteiger charge is -2.13. The minimum atomic E-state index is -0.763. The van der Waals surface area contributed by atoms with Crippen LogP contribution in [0.15, 0.2) is 17.2 Å². The first kappa shape index (κ1) is 20.0. The molecule has 11 heteroatoms. The molecule has 0 spiro atoms. The lowest BCUT2D eigenvalue weighted by Crippen LogP contribution is -2.27. The third kappa shape index (κ3) is 3.53. The Bertz CT molecular complexity index is 1040. The second-order valence-corrected chi connectivity index (χ2v) is 9.71. The molecule has 2 aromatic rings. The Morgan fingerprint density at radius 2 is 2.07 bits per heavy atom. The maximum Gasteiger partial charge on any atom is 0.171 e. The van der Waals surface area contributed by atoms with Crippen molar-refractivity contribution in [2.75, 3.05) is 6.67 Å². The Hall–Kier alpha value is -1.31. The summed E-state index contributed by atoms with van der Waals surface area (Å²) in [7, 11) is 0. The topological polar surface area (TPSA) is 101 Å². The zero-order chi connectivity index (χ0) is 20.1. The van der Waals surface area contributed by atoms with Crippen molar-refractivity contribution >= 4 is 62.5 Å². The van der Waals surface area contributed by atoms with Crippen LogP contribution in [0.2, 0.25) is 10.2 Å². The van der Waals surface area contributed by atoms with Crippen LogP contribution in [-0.2, 0) is 0 Å². The van der Waals surface area contributed by atoms with E-state index >= 15 is 0 Å². The number of nitrogens with one attached hydrogen (secondary N) is 3. The molecule has 0 saturated heterocycles. The third-order valence-corrected chi connectivity index (χ3v) is 7.45. The summed E-state index contributed by atoms with van der Waals surface area (Å²) in [5.74, 6) is 0.250. The molecule has 6 nitrogen and oxygen atoms in total. The van der Waals surface area contributed by atoms with E-state index in [1.54, 1.807) is 16.7 Å². The summed E-state index contributed by atoms with van der Waals surface area (Å²) in [5, 5.41) is 26.4. The number of fused-ring (bicyclic) bond motifs is 1. The molecule has 4 rings (SSSR count). The van der Waals surface area contributed by atoms with Gasteiger partial charge in [-0.25, -0.2) is 9.37 Å². The number of nitriles is 1. The van der Waals surface area contributed by atoms with Crippen molar-refractivity contribution in [3.05, 3.63) is 28.3 Å². The highest BCUT2D eigenvalue weighted by Crippen LogP contribution is 2.49. The molecule has 0 aliphatic heterocycles. The minimum absolute atomic E-state index is 0.0158. The Morgan fingerprint density at radius 1 is 1.36 bits per heavy atom. The van der Waals surface area contributed by atoms with Gasteiger partial charge in [-0.1, -0.05) is 35.0 Å². The summed E-state index contributed by atoms with van der Waals surface area (Å²) in [4.78, 5) is 4.97. The van der Waals surface area contributed by atoms with Crippen LogP contribution in [0.4, 0.5) is 4.39 Å². The van der Waals surface area contributed by atoms with Crippen LogP contribution in [0.3, 0.4) is 0 Å². The van der Waals surface area contributed by atoms with Crippen LogP contribution >= 0.6 is 46.9 Å². The van der Waals surface area contributed by atoms with Crippen LogP contribution in [0.1, 0.15) is 31.5 Å². The summed E-state index contributed by atoms with van der Waals surface area (Å²) in [6.45, 7) is -0.428. The second-order valence-electron chi connectivity index (χ2n) is 7.04. The van der Waals surface area contributed by atoms with E-state index in [4.69, 9.17) is 34.0 Å². The molecule has 28 heavy (non-hydrogen) atoms. The summed E-state index contributed by atoms with van der Waals surface area (Å²) in [5.41, 5.74) is -0.760. The molecule has 0 radical (unpaired) electrons. The maximum absolute atomic E-state index is 13.1. The molecule has 2 aromatic heterocycles. The molecule has 2 aliphatic carbocycles. The van der Waals surface area contributed by atoms with Gasteiger partial charge in [-0.3, -0.25) is 19.9 Å². The van der Waals surface area contributed by atoms with Crippen molar-refractivity contribution in [3.8, 4) is 6.07 Å². The predicted molar refractivity (Wildman–Crippen MR) is 112 cm³/mol. The Labute approximate surface area is 179 Å². The van der Waals surface area contributed by atoms with Gasteiger partial charge in [0.05, 0.1) is 21.7 Å². The molecule has 0 amide bonds. The lowest BCUT2D eigenvalue weighted by atomic mass is 10.2. The molecule has 3 N–H and O–H groups in total. The maximum atomic E-state index is 13.1. The van der Waals surface area contributed by atoms with Gasteiger partial charge in [-0.05, 0) is 43.7 Å². The van der Waals surface area contributed by atoms with Crippen molar-refractivity contribution in [3.63, 3.8) is 0 Å². The number of imidazole rings is 1. The molecular formula is C17H15Cl2FN6S2. The van der Waals surface area contributed by atoms with Crippen LogP contribution < -0.4 is 4.72 Å². The van der Waals surface area contributed by atoms with Crippen LogP contribution in [0.5, 0.6) is 0 Å². The number of aromatic nitrogens is 2. The zero-order valence-corrected chi connectivity index (χ0v) is 17.6. The number of rotatable bonds is 6. The normalized spacial score (nSPS) is 18.6. The minimum Gasteiger partial charge on any atom is -0.296 e. The van der Waals surface area contributed by atoms with E-state index in [0.717, 1.165) is 29.5 Å². The predicted octanol–water partition coefficient (Wildman–Crippen LogP) is 5.08. The number of nitrogens with zero attached hydrogens (tertiary/aromatic N) is 3. The average molecular weight is 457 g/mol. The fraction of sp³-hybridized carbons (Fsp3) is 0.412. The number of hydrogen-bond donors (Lipinski definition) is 3. The van der Waals surface area contributed by atoms with Gasteiger partial charge in [0.2, 0.25) is 0 Å². The smallest absolute Gasteiger partial charge is 0.171 e. The largest absolute Gasteiger partial charge is 0.296 e. The lowest BCUT2D eigenvalue weighted by molar-refractivity contribution is 0.402. The fourth-order valence-corrected chi connectivity index (χ4v) is 5.16. The second kappa shape index (κ2) is 7.18. The number of alkyl halides is 1. The van der Waals surface area contributed by atoms with Crippen LogP contribution in [-0.4, -0.2) is 31.7 Å².